The Balaban J connectivity index is 1.86. The zero-order valence-electron chi connectivity index (χ0n) is 11.4. The molecule has 4 heteroatoms. The summed E-state index contributed by atoms with van der Waals surface area (Å²) in [6, 6.07) is 12.1. The minimum absolute atomic E-state index is 0.112. The fourth-order valence-corrected chi connectivity index (χ4v) is 2.83. The molecule has 0 N–H and O–H groups in total. The van der Waals surface area contributed by atoms with Crippen molar-refractivity contribution in [3.63, 3.8) is 0 Å². The van der Waals surface area contributed by atoms with Crippen LogP contribution in [-0.4, -0.2) is 21.4 Å². The van der Waals surface area contributed by atoms with Gasteiger partial charge in [-0.3, -0.25) is 4.79 Å². The predicted octanol–water partition coefficient (Wildman–Crippen LogP) is 3.59. The maximum Gasteiger partial charge on any atom is 0.255 e. The predicted molar refractivity (Wildman–Crippen MR) is 82.5 cm³/mol. The van der Waals surface area contributed by atoms with Gasteiger partial charge in [0.25, 0.3) is 5.91 Å². The van der Waals surface area contributed by atoms with Crippen LogP contribution in [0.2, 0.25) is 0 Å². The molecule has 0 radical (unpaired) electrons. The maximum absolute atomic E-state index is 12.8. The lowest BCUT2D eigenvalue weighted by Gasteiger charge is -2.23. The van der Waals surface area contributed by atoms with Crippen molar-refractivity contribution in [2.24, 2.45) is 7.05 Å². The second-order valence-corrected chi connectivity index (χ2v) is 6.11. The molecular formula is C16H17BrN2O. The molecule has 1 aliphatic rings. The Hall–Kier alpha value is -1.55. The molecule has 3 rings (SSSR count). The molecule has 1 fully saturated rings. The van der Waals surface area contributed by atoms with Crippen LogP contribution in [0.3, 0.4) is 0 Å². The van der Waals surface area contributed by atoms with Crippen LogP contribution in [0.25, 0.3) is 0 Å². The lowest BCUT2D eigenvalue weighted by Crippen LogP contribution is -2.33. The SMILES string of the molecule is Cn1cccc1CN(C(=O)c1ccccc1Br)C1CC1. The molecule has 1 heterocycles. The van der Waals surface area contributed by atoms with Gasteiger partial charge in [0.15, 0.2) is 0 Å². The van der Waals surface area contributed by atoms with Gasteiger partial charge in [-0.25, -0.2) is 0 Å². The number of hydrogen-bond acceptors (Lipinski definition) is 1. The lowest BCUT2D eigenvalue weighted by atomic mass is 10.2. The molecule has 1 aromatic heterocycles. The van der Waals surface area contributed by atoms with Crippen molar-refractivity contribution in [3.8, 4) is 0 Å². The molecule has 3 nitrogen and oxygen atoms in total. The van der Waals surface area contributed by atoms with E-state index in [1.54, 1.807) is 0 Å². The third-order valence-corrected chi connectivity index (χ3v) is 4.43. The van der Waals surface area contributed by atoms with Gasteiger partial charge in [0, 0.05) is 29.5 Å². The van der Waals surface area contributed by atoms with Crippen LogP contribution in [0.5, 0.6) is 0 Å². The van der Waals surface area contributed by atoms with Gasteiger partial charge < -0.3 is 9.47 Å². The Morgan fingerprint density at radius 3 is 2.65 bits per heavy atom. The van der Waals surface area contributed by atoms with E-state index < -0.39 is 0 Å². The van der Waals surface area contributed by atoms with Gasteiger partial charge in [-0.1, -0.05) is 12.1 Å². The monoisotopic (exact) mass is 332 g/mol. The number of aromatic nitrogens is 1. The summed E-state index contributed by atoms with van der Waals surface area (Å²) in [5.41, 5.74) is 1.91. The topological polar surface area (TPSA) is 25.2 Å². The summed E-state index contributed by atoms with van der Waals surface area (Å²) in [5.74, 6) is 0.112. The number of nitrogens with zero attached hydrogens (tertiary/aromatic N) is 2. The third kappa shape index (κ3) is 2.66. The second-order valence-electron chi connectivity index (χ2n) is 5.25. The zero-order chi connectivity index (χ0) is 14.1. The Kier molecular flexibility index (Phi) is 3.66. The van der Waals surface area contributed by atoms with E-state index >= 15 is 0 Å². The molecule has 1 aliphatic carbocycles. The minimum Gasteiger partial charge on any atom is -0.353 e. The summed E-state index contributed by atoms with van der Waals surface area (Å²) in [6.07, 6.45) is 4.24. The zero-order valence-corrected chi connectivity index (χ0v) is 13.0. The standard InChI is InChI=1S/C16H17BrN2O/c1-18-10-4-5-13(18)11-19(12-8-9-12)16(20)14-6-2-3-7-15(14)17/h2-7,10,12H,8-9,11H2,1H3. The molecule has 0 bridgehead atoms. The molecule has 1 saturated carbocycles. The number of carbonyl (C=O) groups is 1. The normalized spacial score (nSPS) is 14.3. The molecule has 0 saturated heterocycles. The summed E-state index contributed by atoms with van der Waals surface area (Å²) in [6.45, 7) is 0.675. The Bertz CT molecular complexity index is 631. The van der Waals surface area contributed by atoms with Crippen LogP contribution in [0.1, 0.15) is 28.9 Å². The number of halogens is 1. The highest BCUT2D eigenvalue weighted by Gasteiger charge is 2.33. The fourth-order valence-electron chi connectivity index (χ4n) is 2.38. The van der Waals surface area contributed by atoms with Crippen molar-refractivity contribution in [1.29, 1.82) is 0 Å². The van der Waals surface area contributed by atoms with Crippen LogP contribution in [0, 0.1) is 0 Å². The Morgan fingerprint density at radius 2 is 2.05 bits per heavy atom. The summed E-state index contributed by atoms with van der Waals surface area (Å²) in [7, 11) is 2.02. The average molecular weight is 333 g/mol. The van der Waals surface area contributed by atoms with E-state index in [0.29, 0.717) is 12.6 Å². The molecule has 0 unspecified atom stereocenters. The van der Waals surface area contributed by atoms with Gasteiger partial charge in [0.05, 0.1) is 12.1 Å². The summed E-state index contributed by atoms with van der Waals surface area (Å²) >= 11 is 3.47. The highest BCUT2D eigenvalue weighted by molar-refractivity contribution is 9.10. The van der Waals surface area contributed by atoms with Gasteiger partial charge in [0.1, 0.15) is 0 Å². The van der Waals surface area contributed by atoms with Crippen molar-refractivity contribution in [1.82, 2.24) is 9.47 Å². The van der Waals surface area contributed by atoms with Crippen LogP contribution in [-0.2, 0) is 13.6 Å². The number of rotatable bonds is 4. The van der Waals surface area contributed by atoms with E-state index in [9.17, 15) is 4.79 Å². The van der Waals surface area contributed by atoms with Gasteiger partial charge in [0.2, 0.25) is 0 Å². The van der Waals surface area contributed by atoms with Gasteiger partial charge in [-0.15, -0.1) is 0 Å². The van der Waals surface area contributed by atoms with E-state index in [4.69, 9.17) is 0 Å². The molecule has 1 amide bonds. The molecule has 104 valence electrons. The summed E-state index contributed by atoms with van der Waals surface area (Å²) in [4.78, 5) is 14.8. The number of amides is 1. The quantitative estimate of drug-likeness (QED) is 0.839. The van der Waals surface area contributed by atoms with Gasteiger partial charge >= 0.3 is 0 Å². The van der Waals surface area contributed by atoms with Crippen molar-refractivity contribution >= 4 is 21.8 Å². The Labute approximate surface area is 127 Å². The first-order chi connectivity index (χ1) is 9.66. The summed E-state index contributed by atoms with van der Waals surface area (Å²) < 4.78 is 2.94. The molecule has 0 aliphatic heterocycles. The lowest BCUT2D eigenvalue weighted by molar-refractivity contribution is 0.0725. The highest BCUT2D eigenvalue weighted by atomic mass is 79.9. The Morgan fingerprint density at radius 1 is 1.30 bits per heavy atom. The molecule has 20 heavy (non-hydrogen) atoms. The van der Waals surface area contributed by atoms with E-state index in [-0.39, 0.29) is 5.91 Å². The molecular weight excluding hydrogens is 316 g/mol. The van der Waals surface area contributed by atoms with Crippen LogP contribution >= 0.6 is 15.9 Å². The van der Waals surface area contributed by atoms with Crippen molar-refractivity contribution in [2.45, 2.75) is 25.4 Å². The van der Waals surface area contributed by atoms with Gasteiger partial charge in [-0.05, 0) is 53.0 Å². The fraction of sp³-hybridized carbons (Fsp3) is 0.312. The van der Waals surface area contributed by atoms with Crippen molar-refractivity contribution in [3.05, 3.63) is 58.3 Å². The number of aryl methyl sites for hydroxylation is 1. The molecule has 0 spiro atoms. The highest BCUT2D eigenvalue weighted by Crippen LogP contribution is 2.31. The third-order valence-electron chi connectivity index (χ3n) is 3.74. The number of carbonyl (C=O) groups excluding carboxylic acids is 1. The second kappa shape index (κ2) is 5.44. The van der Waals surface area contributed by atoms with Crippen molar-refractivity contribution < 1.29 is 4.79 Å². The van der Waals surface area contributed by atoms with E-state index in [2.05, 4.69) is 26.6 Å². The van der Waals surface area contributed by atoms with Crippen LogP contribution < -0.4 is 0 Å². The van der Waals surface area contributed by atoms with Crippen molar-refractivity contribution in [2.75, 3.05) is 0 Å². The van der Waals surface area contributed by atoms with Crippen LogP contribution in [0.15, 0.2) is 47.1 Å². The maximum atomic E-state index is 12.8. The first kappa shape index (κ1) is 13.4. The average Bonchev–Trinajstić information content (AvgIpc) is 3.20. The number of benzene rings is 1. The van der Waals surface area contributed by atoms with E-state index in [1.165, 1.54) is 0 Å². The smallest absolute Gasteiger partial charge is 0.255 e. The van der Waals surface area contributed by atoms with Crippen LogP contribution in [0.4, 0.5) is 0 Å². The van der Waals surface area contributed by atoms with Gasteiger partial charge in [-0.2, -0.15) is 0 Å². The molecule has 0 atom stereocenters. The van der Waals surface area contributed by atoms with E-state index in [1.807, 2.05) is 48.5 Å². The molecule has 2 aromatic rings. The number of hydrogen-bond donors (Lipinski definition) is 0. The summed E-state index contributed by atoms with van der Waals surface area (Å²) in [5, 5.41) is 0. The molecule has 1 aromatic carbocycles. The largest absolute Gasteiger partial charge is 0.353 e. The minimum atomic E-state index is 0.112. The first-order valence-electron chi connectivity index (χ1n) is 6.82. The van der Waals surface area contributed by atoms with E-state index in [0.717, 1.165) is 28.6 Å². The first-order valence-corrected chi connectivity index (χ1v) is 7.62.